The van der Waals surface area contributed by atoms with Gasteiger partial charge in [-0.3, -0.25) is 4.79 Å². The van der Waals surface area contributed by atoms with Crippen molar-refractivity contribution in [2.45, 2.75) is 31.8 Å². The molecule has 0 atom stereocenters. The van der Waals surface area contributed by atoms with Gasteiger partial charge in [-0.25, -0.2) is 0 Å². The molecule has 1 aliphatic carbocycles. The SMILES string of the molecule is COc1ccccc1CN(C(=O)CCN1CCN(C)CC1)C1CC1. The molecule has 3 rings (SSSR count). The highest BCUT2D eigenvalue weighted by Crippen LogP contribution is 2.30. The predicted octanol–water partition coefficient (Wildman–Crippen LogP) is 1.82. The van der Waals surface area contributed by atoms with Gasteiger partial charge in [0, 0.05) is 57.3 Å². The van der Waals surface area contributed by atoms with Crippen LogP contribution in [0.5, 0.6) is 5.75 Å². The zero-order valence-corrected chi connectivity index (χ0v) is 14.9. The maximum atomic E-state index is 12.8. The Morgan fingerprint density at radius 2 is 1.92 bits per heavy atom. The summed E-state index contributed by atoms with van der Waals surface area (Å²) in [6.07, 6.45) is 2.89. The Morgan fingerprint density at radius 3 is 2.58 bits per heavy atom. The van der Waals surface area contributed by atoms with E-state index in [1.807, 2.05) is 18.2 Å². The third kappa shape index (κ3) is 4.48. The van der Waals surface area contributed by atoms with Gasteiger partial charge >= 0.3 is 0 Å². The molecule has 24 heavy (non-hydrogen) atoms. The molecule has 0 radical (unpaired) electrons. The minimum atomic E-state index is 0.280. The van der Waals surface area contributed by atoms with E-state index < -0.39 is 0 Å². The number of ether oxygens (including phenoxy) is 1. The quantitative estimate of drug-likeness (QED) is 0.764. The van der Waals surface area contributed by atoms with Crippen LogP contribution in [-0.2, 0) is 11.3 Å². The molecule has 0 spiro atoms. The number of methoxy groups -OCH3 is 1. The van der Waals surface area contributed by atoms with Crippen molar-refractivity contribution < 1.29 is 9.53 Å². The summed E-state index contributed by atoms with van der Waals surface area (Å²) in [5.74, 6) is 1.15. The first-order chi connectivity index (χ1) is 11.7. The molecule has 2 fully saturated rings. The molecule has 1 aliphatic heterocycles. The monoisotopic (exact) mass is 331 g/mol. The van der Waals surface area contributed by atoms with Crippen LogP contribution in [0.1, 0.15) is 24.8 Å². The molecule has 0 unspecified atom stereocenters. The Hall–Kier alpha value is -1.59. The maximum Gasteiger partial charge on any atom is 0.224 e. The standard InChI is InChI=1S/C19H29N3O2/c1-20-11-13-21(14-12-20)10-9-19(23)22(17-7-8-17)15-16-5-3-4-6-18(16)24-2/h3-6,17H,7-15H2,1-2H3. The molecule has 0 aromatic heterocycles. The van der Waals surface area contributed by atoms with Crippen molar-refractivity contribution in [3.05, 3.63) is 29.8 Å². The Kier molecular flexibility index (Phi) is 5.74. The molecule has 1 aromatic carbocycles. The molecule has 132 valence electrons. The number of amides is 1. The Bertz CT molecular complexity index is 551. The highest BCUT2D eigenvalue weighted by molar-refractivity contribution is 5.77. The molecule has 2 aliphatic rings. The third-order valence-electron chi connectivity index (χ3n) is 5.08. The van der Waals surface area contributed by atoms with Crippen LogP contribution in [0.15, 0.2) is 24.3 Å². The zero-order chi connectivity index (χ0) is 16.9. The van der Waals surface area contributed by atoms with Gasteiger partial charge in [0.1, 0.15) is 5.75 Å². The van der Waals surface area contributed by atoms with Crippen LogP contribution < -0.4 is 4.74 Å². The normalized spacial score (nSPS) is 19.2. The summed E-state index contributed by atoms with van der Waals surface area (Å²) in [5, 5.41) is 0. The first-order valence-electron chi connectivity index (χ1n) is 8.99. The molecule has 1 amide bonds. The molecular weight excluding hydrogens is 302 g/mol. The molecule has 1 aromatic rings. The van der Waals surface area contributed by atoms with Crippen molar-refractivity contribution >= 4 is 5.91 Å². The number of hydrogen-bond acceptors (Lipinski definition) is 4. The molecule has 1 saturated heterocycles. The fraction of sp³-hybridized carbons (Fsp3) is 0.632. The van der Waals surface area contributed by atoms with Gasteiger partial charge in [0.25, 0.3) is 0 Å². The van der Waals surface area contributed by atoms with Crippen molar-refractivity contribution in [2.24, 2.45) is 0 Å². The van der Waals surface area contributed by atoms with Gasteiger partial charge in [-0.15, -0.1) is 0 Å². The van der Waals surface area contributed by atoms with Crippen LogP contribution >= 0.6 is 0 Å². The van der Waals surface area contributed by atoms with Crippen LogP contribution in [0.25, 0.3) is 0 Å². The van der Waals surface area contributed by atoms with E-state index in [1.165, 1.54) is 0 Å². The number of likely N-dealkylation sites (N-methyl/N-ethyl adjacent to an activating group) is 1. The fourth-order valence-corrected chi connectivity index (χ4v) is 3.29. The first kappa shape index (κ1) is 17.2. The zero-order valence-electron chi connectivity index (χ0n) is 14.9. The molecule has 0 N–H and O–H groups in total. The summed E-state index contributed by atoms with van der Waals surface area (Å²) in [6, 6.07) is 8.43. The molecular formula is C19H29N3O2. The van der Waals surface area contributed by atoms with Crippen molar-refractivity contribution in [3.8, 4) is 5.75 Å². The van der Waals surface area contributed by atoms with E-state index in [2.05, 4.69) is 27.8 Å². The summed E-state index contributed by atoms with van der Waals surface area (Å²) in [6.45, 7) is 5.88. The molecule has 5 heteroatoms. The number of benzene rings is 1. The number of nitrogens with zero attached hydrogens (tertiary/aromatic N) is 3. The van der Waals surface area contributed by atoms with Crippen molar-refractivity contribution in [1.82, 2.24) is 14.7 Å². The summed E-state index contributed by atoms with van der Waals surface area (Å²) in [5.41, 5.74) is 1.10. The van der Waals surface area contributed by atoms with E-state index in [1.54, 1.807) is 7.11 Å². The van der Waals surface area contributed by atoms with Gasteiger partial charge in [-0.1, -0.05) is 18.2 Å². The smallest absolute Gasteiger partial charge is 0.224 e. The molecule has 0 bridgehead atoms. The summed E-state index contributed by atoms with van der Waals surface area (Å²) in [7, 11) is 3.85. The average Bonchev–Trinajstić information content (AvgIpc) is 3.44. The minimum absolute atomic E-state index is 0.280. The van der Waals surface area contributed by atoms with E-state index in [-0.39, 0.29) is 5.91 Å². The summed E-state index contributed by atoms with van der Waals surface area (Å²) >= 11 is 0. The van der Waals surface area contributed by atoms with Gasteiger partial charge in [0.15, 0.2) is 0 Å². The van der Waals surface area contributed by atoms with Gasteiger partial charge in [0.05, 0.1) is 7.11 Å². The highest BCUT2D eigenvalue weighted by Gasteiger charge is 2.33. The van der Waals surface area contributed by atoms with Crippen LogP contribution in [0.3, 0.4) is 0 Å². The number of rotatable bonds is 7. The molecule has 1 heterocycles. The molecule has 5 nitrogen and oxygen atoms in total. The van der Waals surface area contributed by atoms with Gasteiger partial charge in [-0.2, -0.15) is 0 Å². The van der Waals surface area contributed by atoms with Gasteiger partial charge in [0.2, 0.25) is 5.91 Å². The van der Waals surface area contributed by atoms with Crippen molar-refractivity contribution in [2.75, 3.05) is 46.9 Å². The third-order valence-corrected chi connectivity index (χ3v) is 5.08. The number of para-hydroxylation sites is 1. The van der Waals surface area contributed by atoms with E-state index in [0.717, 1.165) is 56.9 Å². The largest absolute Gasteiger partial charge is 0.496 e. The lowest BCUT2D eigenvalue weighted by molar-refractivity contribution is -0.132. The second-order valence-electron chi connectivity index (χ2n) is 6.96. The van der Waals surface area contributed by atoms with Gasteiger partial charge < -0.3 is 19.4 Å². The maximum absolute atomic E-state index is 12.8. The predicted molar refractivity (Wildman–Crippen MR) is 95.1 cm³/mol. The fourth-order valence-electron chi connectivity index (χ4n) is 3.29. The van der Waals surface area contributed by atoms with Crippen LogP contribution in [0.2, 0.25) is 0 Å². The summed E-state index contributed by atoms with van der Waals surface area (Å²) < 4.78 is 5.44. The van der Waals surface area contributed by atoms with Crippen molar-refractivity contribution in [3.63, 3.8) is 0 Å². The Labute approximate surface area is 145 Å². The topological polar surface area (TPSA) is 36.0 Å². The number of carbonyl (C=O) groups excluding carboxylic acids is 1. The van der Waals surface area contributed by atoms with E-state index in [9.17, 15) is 4.79 Å². The lowest BCUT2D eigenvalue weighted by Crippen LogP contribution is -2.45. The lowest BCUT2D eigenvalue weighted by Gasteiger charge is -2.32. The number of hydrogen-bond donors (Lipinski definition) is 0. The van der Waals surface area contributed by atoms with Crippen molar-refractivity contribution in [1.29, 1.82) is 0 Å². The highest BCUT2D eigenvalue weighted by atomic mass is 16.5. The number of piperazine rings is 1. The van der Waals surface area contributed by atoms with E-state index in [0.29, 0.717) is 19.0 Å². The summed E-state index contributed by atoms with van der Waals surface area (Å²) in [4.78, 5) is 19.6. The Morgan fingerprint density at radius 1 is 1.21 bits per heavy atom. The number of carbonyl (C=O) groups is 1. The lowest BCUT2D eigenvalue weighted by atomic mass is 10.1. The van der Waals surface area contributed by atoms with Crippen LogP contribution in [0, 0.1) is 0 Å². The average molecular weight is 331 g/mol. The Balaban J connectivity index is 1.56. The minimum Gasteiger partial charge on any atom is -0.496 e. The van der Waals surface area contributed by atoms with Gasteiger partial charge in [-0.05, 0) is 26.0 Å². The second kappa shape index (κ2) is 7.99. The van der Waals surface area contributed by atoms with E-state index in [4.69, 9.17) is 4.74 Å². The van der Waals surface area contributed by atoms with Crippen LogP contribution in [-0.4, -0.2) is 73.5 Å². The first-order valence-corrected chi connectivity index (χ1v) is 8.99. The van der Waals surface area contributed by atoms with Crippen LogP contribution in [0.4, 0.5) is 0 Å². The molecule has 1 saturated carbocycles. The second-order valence-corrected chi connectivity index (χ2v) is 6.96. The van der Waals surface area contributed by atoms with E-state index >= 15 is 0 Å².